The summed E-state index contributed by atoms with van der Waals surface area (Å²) in [6.45, 7) is 1.00. The van der Waals surface area contributed by atoms with Gasteiger partial charge in [0, 0.05) is 6.07 Å². The van der Waals surface area contributed by atoms with Gasteiger partial charge in [-0.1, -0.05) is 0 Å². The van der Waals surface area contributed by atoms with Crippen molar-refractivity contribution in [1.82, 2.24) is 5.32 Å². The molecule has 0 fully saturated rings. The van der Waals surface area contributed by atoms with Crippen LogP contribution in [0.3, 0.4) is 0 Å². The van der Waals surface area contributed by atoms with Crippen LogP contribution >= 0.6 is 0 Å². The molecule has 0 radical (unpaired) electrons. The van der Waals surface area contributed by atoms with Crippen molar-refractivity contribution in [3.63, 3.8) is 0 Å². The minimum absolute atomic E-state index is 0.187. The Kier molecular flexibility index (Phi) is 3.45. The predicted octanol–water partition coefficient (Wildman–Crippen LogP) is 1.82. The predicted molar refractivity (Wildman–Crippen MR) is 69.1 cm³/mol. The molecule has 0 unspecified atom stereocenters. The number of fused-ring (bicyclic) bond motifs is 1. The highest BCUT2D eigenvalue weighted by Gasteiger charge is 2.13. The van der Waals surface area contributed by atoms with Gasteiger partial charge in [-0.05, 0) is 18.2 Å². The van der Waals surface area contributed by atoms with E-state index in [0.717, 1.165) is 0 Å². The van der Waals surface area contributed by atoms with E-state index in [2.05, 4.69) is 5.32 Å². The number of carbonyl (C=O) groups is 1. The fraction of sp³-hybridized carbons (Fsp3) is 0.214. The number of ether oxygens (including phenoxy) is 3. The maximum Gasteiger partial charge on any atom is 0.254 e. The summed E-state index contributed by atoms with van der Waals surface area (Å²) in [4.78, 5) is 11.6. The second-order valence-corrected chi connectivity index (χ2v) is 4.13. The first-order chi connectivity index (χ1) is 9.83. The second kappa shape index (κ2) is 5.56. The van der Waals surface area contributed by atoms with E-state index in [4.69, 9.17) is 18.6 Å². The highest BCUT2D eigenvalue weighted by atomic mass is 16.7. The van der Waals surface area contributed by atoms with Gasteiger partial charge in [0.2, 0.25) is 6.79 Å². The minimum atomic E-state index is -0.187. The Labute approximate surface area is 115 Å². The zero-order valence-corrected chi connectivity index (χ0v) is 10.6. The van der Waals surface area contributed by atoms with Gasteiger partial charge < -0.3 is 23.9 Å². The van der Waals surface area contributed by atoms with Crippen molar-refractivity contribution < 1.29 is 23.4 Å². The van der Waals surface area contributed by atoms with E-state index in [1.807, 2.05) is 0 Å². The van der Waals surface area contributed by atoms with Crippen LogP contribution in [0, 0.1) is 0 Å². The average molecular weight is 275 g/mol. The zero-order chi connectivity index (χ0) is 13.8. The molecule has 0 atom stereocenters. The molecule has 1 aromatic carbocycles. The molecule has 2 aromatic rings. The van der Waals surface area contributed by atoms with Gasteiger partial charge in [0.15, 0.2) is 11.5 Å². The lowest BCUT2D eigenvalue weighted by atomic mass is 10.3. The summed E-state index contributed by atoms with van der Waals surface area (Å²) in [6, 6.07) is 6.96. The van der Waals surface area contributed by atoms with Gasteiger partial charge in [-0.15, -0.1) is 0 Å². The van der Waals surface area contributed by atoms with Gasteiger partial charge in [-0.3, -0.25) is 4.79 Å². The van der Waals surface area contributed by atoms with Crippen molar-refractivity contribution in [1.29, 1.82) is 0 Å². The van der Waals surface area contributed by atoms with E-state index in [9.17, 15) is 4.79 Å². The van der Waals surface area contributed by atoms with Gasteiger partial charge >= 0.3 is 0 Å². The molecule has 1 N–H and O–H groups in total. The van der Waals surface area contributed by atoms with E-state index in [0.29, 0.717) is 36.0 Å². The third kappa shape index (κ3) is 2.69. The van der Waals surface area contributed by atoms with E-state index in [-0.39, 0.29) is 12.7 Å². The van der Waals surface area contributed by atoms with Crippen LogP contribution < -0.4 is 19.5 Å². The molecular weight excluding hydrogens is 262 g/mol. The Bertz CT molecular complexity index is 594. The lowest BCUT2D eigenvalue weighted by Crippen LogP contribution is -2.27. The summed E-state index contributed by atoms with van der Waals surface area (Å²) in [5.41, 5.74) is 0.494. The molecule has 20 heavy (non-hydrogen) atoms. The highest BCUT2D eigenvalue weighted by Crippen LogP contribution is 2.34. The number of carbonyl (C=O) groups excluding carboxylic acids is 1. The molecule has 0 aliphatic carbocycles. The Morgan fingerprint density at radius 2 is 2.15 bits per heavy atom. The quantitative estimate of drug-likeness (QED) is 0.843. The Morgan fingerprint density at radius 1 is 1.25 bits per heavy atom. The molecule has 1 aliphatic rings. The first kappa shape index (κ1) is 12.4. The molecular formula is C14H13NO5. The third-order valence-electron chi connectivity index (χ3n) is 2.78. The Balaban J connectivity index is 1.45. The largest absolute Gasteiger partial charge is 0.492 e. The van der Waals surface area contributed by atoms with Crippen molar-refractivity contribution >= 4 is 5.91 Å². The second-order valence-electron chi connectivity index (χ2n) is 4.13. The van der Waals surface area contributed by atoms with Gasteiger partial charge in [-0.2, -0.15) is 0 Å². The number of benzene rings is 1. The molecule has 104 valence electrons. The summed E-state index contributed by atoms with van der Waals surface area (Å²) in [5, 5.41) is 2.73. The van der Waals surface area contributed by atoms with Crippen molar-refractivity contribution in [3.8, 4) is 17.2 Å². The van der Waals surface area contributed by atoms with E-state index < -0.39 is 0 Å². The Morgan fingerprint density at radius 3 is 3.00 bits per heavy atom. The van der Waals surface area contributed by atoms with Crippen LogP contribution in [-0.4, -0.2) is 25.9 Å². The lowest BCUT2D eigenvalue weighted by Gasteiger charge is -2.07. The van der Waals surface area contributed by atoms with Crippen LogP contribution in [0.1, 0.15) is 10.4 Å². The number of hydrogen-bond donors (Lipinski definition) is 1. The number of rotatable bonds is 5. The van der Waals surface area contributed by atoms with Crippen LogP contribution in [-0.2, 0) is 0 Å². The fourth-order valence-corrected chi connectivity index (χ4v) is 1.80. The van der Waals surface area contributed by atoms with Gasteiger partial charge in [0.1, 0.15) is 18.6 Å². The molecule has 1 aromatic heterocycles. The SMILES string of the molecule is O=C(NCCOc1ccc2c(c1)OCO2)c1ccoc1. The number of furan rings is 1. The smallest absolute Gasteiger partial charge is 0.254 e. The molecule has 1 amide bonds. The highest BCUT2D eigenvalue weighted by molar-refractivity contribution is 5.93. The molecule has 2 heterocycles. The summed E-state index contributed by atoms with van der Waals surface area (Å²) in [6.07, 6.45) is 2.85. The molecule has 0 spiro atoms. The van der Waals surface area contributed by atoms with Crippen LogP contribution in [0.2, 0.25) is 0 Å². The zero-order valence-electron chi connectivity index (χ0n) is 10.6. The number of hydrogen-bond acceptors (Lipinski definition) is 5. The minimum Gasteiger partial charge on any atom is -0.492 e. The topological polar surface area (TPSA) is 69.9 Å². The van der Waals surface area contributed by atoms with E-state index in [1.165, 1.54) is 12.5 Å². The van der Waals surface area contributed by atoms with Crippen molar-refractivity contribution in [3.05, 3.63) is 42.4 Å². The van der Waals surface area contributed by atoms with Crippen LogP contribution in [0.25, 0.3) is 0 Å². The summed E-state index contributed by atoms with van der Waals surface area (Å²) in [7, 11) is 0. The maximum atomic E-state index is 11.6. The maximum absolute atomic E-state index is 11.6. The standard InChI is InChI=1S/C14H13NO5/c16-14(10-3-5-17-8-10)15-4-6-18-11-1-2-12-13(7-11)20-9-19-12/h1-3,5,7-8H,4,6,9H2,(H,15,16). The van der Waals surface area contributed by atoms with Crippen molar-refractivity contribution in [2.75, 3.05) is 19.9 Å². The Hall–Kier alpha value is -2.63. The molecule has 3 rings (SSSR count). The molecule has 0 saturated carbocycles. The summed E-state index contributed by atoms with van der Waals surface area (Å²) in [5.74, 6) is 1.87. The molecule has 6 heteroatoms. The van der Waals surface area contributed by atoms with E-state index >= 15 is 0 Å². The number of nitrogens with one attached hydrogen (secondary N) is 1. The van der Waals surface area contributed by atoms with Gasteiger partial charge in [0.05, 0.1) is 18.4 Å². The van der Waals surface area contributed by atoms with Crippen molar-refractivity contribution in [2.45, 2.75) is 0 Å². The van der Waals surface area contributed by atoms with Crippen LogP contribution in [0.5, 0.6) is 17.2 Å². The lowest BCUT2D eigenvalue weighted by molar-refractivity contribution is 0.0946. The molecule has 1 aliphatic heterocycles. The first-order valence-electron chi connectivity index (χ1n) is 6.16. The van der Waals surface area contributed by atoms with Crippen LogP contribution in [0.15, 0.2) is 41.2 Å². The average Bonchev–Trinajstić information content (AvgIpc) is 3.13. The van der Waals surface area contributed by atoms with Crippen molar-refractivity contribution in [2.24, 2.45) is 0 Å². The monoisotopic (exact) mass is 275 g/mol. The van der Waals surface area contributed by atoms with E-state index in [1.54, 1.807) is 24.3 Å². The third-order valence-corrected chi connectivity index (χ3v) is 2.78. The molecule has 6 nitrogen and oxygen atoms in total. The normalized spacial score (nSPS) is 12.2. The molecule has 0 saturated heterocycles. The van der Waals surface area contributed by atoms with Gasteiger partial charge in [0.25, 0.3) is 5.91 Å². The summed E-state index contributed by atoms with van der Waals surface area (Å²) < 4.78 is 20.8. The van der Waals surface area contributed by atoms with Crippen LogP contribution in [0.4, 0.5) is 0 Å². The van der Waals surface area contributed by atoms with Gasteiger partial charge in [-0.25, -0.2) is 0 Å². The first-order valence-corrected chi connectivity index (χ1v) is 6.16. The fourth-order valence-electron chi connectivity index (χ4n) is 1.80. The summed E-state index contributed by atoms with van der Waals surface area (Å²) >= 11 is 0. The number of amides is 1. The molecule has 0 bridgehead atoms.